The third-order valence-corrected chi connectivity index (χ3v) is 3.58. The standard InChI is InChI=1S/C8H16NO3P/c1-4-7-8(9)13(10,11-5-2)12-6-3/h1,8H,5-7,9H2,2-3H3. The summed E-state index contributed by atoms with van der Waals surface area (Å²) in [5.74, 6) is 1.61. The van der Waals surface area contributed by atoms with E-state index in [0.29, 0.717) is 13.2 Å². The minimum Gasteiger partial charge on any atom is -0.317 e. The van der Waals surface area contributed by atoms with Gasteiger partial charge in [0.1, 0.15) is 5.78 Å². The highest BCUT2D eigenvalue weighted by molar-refractivity contribution is 7.54. The van der Waals surface area contributed by atoms with Gasteiger partial charge in [0, 0.05) is 6.42 Å². The maximum atomic E-state index is 11.8. The van der Waals surface area contributed by atoms with Crippen molar-refractivity contribution >= 4 is 7.60 Å². The van der Waals surface area contributed by atoms with E-state index >= 15 is 0 Å². The zero-order valence-corrected chi connectivity index (χ0v) is 8.92. The van der Waals surface area contributed by atoms with Crippen molar-refractivity contribution in [2.24, 2.45) is 5.73 Å². The molecule has 0 aliphatic rings. The molecule has 0 rings (SSSR count). The zero-order valence-electron chi connectivity index (χ0n) is 8.03. The summed E-state index contributed by atoms with van der Waals surface area (Å²) in [6.45, 7) is 4.06. The second-order valence-corrected chi connectivity index (χ2v) is 4.61. The van der Waals surface area contributed by atoms with E-state index < -0.39 is 13.4 Å². The predicted molar refractivity (Wildman–Crippen MR) is 52.3 cm³/mol. The highest BCUT2D eigenvalue weighted by Crippen LogP contribution is 2.51. The Morgan fingerprint density at radius 1 is 1.46 bits per heavy atom. The van der Waals surface area contributed by atoms with Crippen LogP contribution < -0.4 is 5.73 Å². The summed E-state index contributed by atoms with van der Waals surface area (Å²) in [7, 11) is -3.19. The highest BCUT2D eigenvalue weighted by Gasteiger charge is 2.31. The van der Waals surface area contributed by atoms with E-state index in [0.717, 1.165) is 0 Å². The molecule has 0 aliphatic heterocycles. The molecule has 2 N–H and O–H groups in total. The summed E-state index contributed by atoms with van der Waals surface area (Å²) in [5.41, 5.74) is 5.58. The van der Waals surface area contributed by atoms with Crippen molar-refractivity contribution in [3.63, 3.8) is 0 Å². The van der Waals surface area contributed by atoms with Crippen LogP contribution in [-0.4, -0.2) is 19.0 Å². The molecule has 13 heavy (non-hydrogen) atoms. The average Bonchev–Trinajstić information content (AvgIpc) is 2.05. The lowest BCUT2D eigenvalue weighted by molar-refractivity contribution is 0.212. The molecule has 0 saturated heterocycles. The van der Waals surface area contributed by atoms with E-state index in [-0.39, 0.29) is 6.42 Å². The van der Waals surface area contributed by atoms with Crippen molar-refractivity contribution in [2.45, 2.75) is 26.1 Å². The minimum absolute atomic E-state index is 0.192. The molecule has 0 aliphatic carbocycles. The van der Waals surface area contributed by atoms with Crippen LogP contribution in [0, 0.1) is 12.3 Å². The molecular weight excluding hydrogens is 189 g/mol. The van der Waals surface area contributed by atoms with Gasteiger partial charge in [0.2, 0.25) is 0 Å². The van der Waals surface area contributed by atoms with E-state index in [1.165, 1.54) is 0 Å². The fourth-order valence-electron chi connectivity index (χ4n) is 0.821. The number of hydrogen-bond donors (Lipinski definition) is 1. The molecule has 0 radical (unpaired) electrons. The molecular formula is C8H16NO3P. The third-order valence-electron chi connectivity index (χ3n) is 1.35. The largest absolute Gasteiger partial charge is 0.348 e. The molecule has 76 valence electrons. The van der Waals surface area contributed by atoms with Crippen LogP contribution in [0.25, 0.3) is 0 Å². The van der Waals surface area contributed by atoms with Crippen molar-refractivity contribution in [1.29, 1.82) is 0 Å². The summed E-state index contributed by atoms with van der Waals surface area (Å²) in [6.07, 6.45) is 5.25. The van der Waals surface area contributed by atoms with E-state index in [9.17, 15) is 4.57 Å². The van der Waals surface area contributed by atoms with E-state index in [2.05, 4.69) is 5.92 Å². The number of hydrogen-bond acceptors (Lipinski definition) is 4. The molecule has 1 atom stereocenters. The van der Waals surface area contributed by atoms with Crippen LogP contribution >= 0.6 is 7.60 Å². The molecule has 0 aromatic carbocycles. The first-order chi connectivity index (χ1) is 6.10. The topological polar surface area (TPSA) is 61.6 Å². The van der Waals surface area contributed by atoms with E-state index in [4.69, 9.17) is 21.2 Å². The van der Waals surface area contributed by atoms with Gasteiger partial charge in [0.05, 0.1) is 13.2 Å². The second-order valence-electron chi connectivity index (χ2n) is 2.35. The summed E-state index contributed by atoms with van der Waals surface area (Å²) in [6, 6.07) is 0. The lowest BCUT2D eigenvalue weighted by atomic mass is 10.5. The van der Waals surface area contributed by atoms with Crippen LogP contribution in [0.1, 0.15) is 20.3 Å². The van der Waals surface area contributed by atoms with Crippen molar-refractivity contribution < 1.29 is 13.6 Å². The lowest BCUT2D eigenvalue weighted by Gasteiger charge is -2.21. The normalized spacial score (nSPS) is 13.7. The monoisotopic (exact) mass is 205 g/mol. The summed E-state index contributed by atoms with van der Waals surface area (Å²) >= 11 is 0. The molecule has 1 unspecified atom stereocenters. The number of terminal acetylenes is 1. The molecule has 0 fully saturated rings. The molecule has 0 heterocycles. The van der Waals surface area contributed by atoms with Gasteiger partial charge in [-0.15, -0.1) is 12.3 Å². The van der Waals surface area contributed by atoms with E-state index in [1.807, 2.05) is 0 Å². The first kappa shape index (κ1) is 12.7. The van der Waals surface area contributed by atoms with Gasteiger partial charge in [-0.3, -0.25) is 4.57 Å². The zero-order chi connectivity index (χ0) is 10.3. The van der Waals surface area contributed by atoms with Gasteiger partial charge in [0.25, 0.3) is 0 Å². The van der Waals surface area contributed by atoms with E-state index in [1.54, 1.807) is 13.8 Å². The molecule has 0 aromatic rings. The Balaban J connectivity index is 4.39. The summed E-state index contributed by atoms with van der Waals surface area (Å²) < 4.78 is 21.8. The predicted octanol–water partition coefficient (Wildman–Crippen LogP) is 1.56. The van der Waals surface area contributed by atoms with Crippen LogP contribution in [0.2, 0.25) is 0 Å². The van der Waals surface area contributed by atoms with Gasteiger partial charge in [-0.1, -0.05) is 0 Å². The van der Waals surface area contributed by atoms with Gasteiger partial charge < -0.3 is 14.8 Å². The minimum atomic E-state index is -3.19. The van der Waals surface area contributed by atoms with Crippen LogP contribution in [-0.2, 0) is 13.6 Å². The molecule has 0 bridgehead atoms. The summed E-state index contributed by atoms with van der Waals surface area (Å²) in [5, 5.41) is 0. The Hall–Kier alpha value is -0.330. The van der Waals surface area contributed by atoms with Gasteiger partial charge in [-0.2, -0.15) is 0 Å². The van der Waals surface area contributed by atoms with Crippen LogP contribution in [0.4, 0.5) is 0 Å². The van der Waals surface area contributed by atoms with Gasteiger partial charge >= 0.3 is 7.60 Å². The molecule has 0 aromatic heterocycles. The van der Waals surface area contributed by atoms with Crippen LogP contribution in [0.15, 0.2) is 0 Å². The SMILES string of the molecule is C#CCC(N)P(=O)(OCC)OCC. The molecule has 0 spiro atoms. The Morgan fingerprint density at radius 3 is 2.23 bits per heavy atom. The summed E-state index contributed by atoms with van der Waals surface area (Å²) in [4.78, 5) is 0. The maximum Gasteiger partial charge on any atom is 0.348 e. The second kappa shape index (κ2) is 6.17. The number of rotatable bonds is 6. The van der Waals surface area contributed by atoms with Crippen LogP contribution in [0.5, 0.6) is 0 Å². The molecule has 4 nitrogen and oxygen atoms in total. The number of nitrogens with two attached hydrogens (primary N) is 1. The fraction of sp³-hybridized carbons (Fsp3) is 0.750. The van der Waals surface area contributed by atoms with Crippen molar-refractivity contribution in [1.82, 2.24) is 0 Å². The molecule has 0 saturated carbocycles. The Morgan fingerprint density at radius 2 is 1.92 bits per heavy atom. The average molecular weight is 205 g/mol. The van der Waals surface area contributed by atoms with Gasteiger partial charge in [0.15, 0.2) is 0 Å². The van der Waals surface area contributed by atoms with Crippen molar-refractivity contribution in [3.05, 3.63) is 0 Å². The maximum absolute atomic E-state index is 11.8. The molecule has 0 amide bonds. The van der Waals surface area contributed by atoms with Crippen LogP contribution in [0.3, 0.4) is 0 Å². The first-order valence-corrected chi connectivity index (χ1v) is 5.79. The quantitative estimate of drug-likeness (QED) is 0.528. The first-order valence-electron chi connectivity index (χ1n) is 4.18. The smallest absolute Gasteiger partial charge is 0.317 e. The Kier molecular flexibility index (Phi) is 6.02. The van der Waals surface area contributed by atoms with Crippen molar-refractivity contribution in [3.8, 4) is 12.3 Å². The van der Waals surface area contributed by atoms with Gasteiger partial charge in [-0.25, -0.2) is 0 Å². The van der Waals surface area contributed by atoms with Gasteiger partial charge in [-0.05, 0) is 13.8 Å². The third kappa shape index (κ3) is 3.93. The molecule has 5 heteroatoms. The Labute approximate surface area is 79.3 Å². The highest BCUT2D eigenvalue weighted by atomic mass is 31.2. The van der Waals surface area contributed by atoms with Crippen molar-refractivity contribution in [2.75, 3.05) is 13.2 Å². The lowest BCUT2D eigenvalue weighted by Crippen LogP contribution is -2.22. The Bertz CT molecular complexity index is 214. The fourth-order valence-corrected chi connectivity index (χ4v) is 2.33.